The van der Waals surface area contributed by atoms with Gasteiger partial charge in [0.05, 0.1) is 11.0 Å². The van der Waals surface area contributed by atoms with Gasteiger partial charge in [0.25, 0.3) is 0 Å². The summed E-state index contributed by atoms with van der Waals surface area (Å²) in [5.74, 6) is -0.420. The fraction of sp³-hybridized carbons (Fsp3) is 0.727. The van der Waals surface area contributed by atoms with Gasteiger partial charge in [-0.15, -0.1) is 11.6 Å². The minimum atomic E-state index is -1.44. The van der Waals surface area contributed by atoms with Gasteiger partial charge in [-0.1, -0.05) is 32.4 Å². The second-order valence-electron chi connectivity index (χ2n) is 9.72. The highest BCUT2D eigenvalue weighted by molar-refractivity contribution is 6.26. The topological polar surface area (TPSA) is 74.6 Å². The SMILES string of the molecule is CC(=O)[C@@]1(O)[C@@H](C)C[C@H]2[C@@H]3CCC4=CC(=O)C=C[C@]4(C)[C@@]3(Cl)[C@@H](O)C[C@@]21C. The molecule has 5 heteroatoms. The van der Waals surface area contributed by atoms with E-state index in [4.69, 9.17) is 11.6 Å². The maximum absolute atomic E-state index is 12.5. The van der Waals surface area contributed by atoms with E-state index in [0.29, 0.717) is 0 Å². The number of carbonyl (C=O) groups excluding carboxylic acids is 2. The van der Waals surface area contributed by atoms with Crippen LogP contribution >= 0.6 is 11.6 Å². The lowest BCUT2D eigenvalue weighted by Gasteiger charge is -2.63. The molecule has 4 aliphatic rings. The van der Waals surface area contributed by atoms with Crippen LogP contribution in [0.15, 0.2) is 23.8 Å². The van der Waals surface area contributed by atoms with E-state index < -0.39 is 27.4 Å². The Morgan fingerprint density at radius 2 is 1.96 bits per heavy atom. The summed E-state index contributed by atoms with van der Waals surface area (Å²) in [6, 6.07) is 0. The van der Waals surface area contributed by atoms with E-state index in [9.17, 15) is 19.8 Å². The van der Waals surface area contributed by atoms with Gasteiger partial charge in [0, 0.05) is 10.8 Å². The van der Waals surface area contributed by atoms with Crippen LogP contribution in [0.3, 0.4) is 0 Å². The second kappa shape index (κ2) is 5.55. The zero-order valence-electron chi connectivity index (χ0n) is 16.5. The van der Waals surface area contributed by atoms with Crippen molar-refractivity contribution in [3.63, 3.8) is 0 Å². The van der Waals surface area contributed by atoms with Crippen molar-refractivity contribution in [2.75, 3.05) is 0 Å². The lowest BCUT2D eigenvalue weighted by Crippen LogP contribution is -2.68. The molecule has 3 saturated carbocycles. The van der Waals surface area contributed by atoms with Crippen LogP contribution in [0.5, 0.6) is 0 Å². The van der Waals surface area contributed by atoms with Crippen LogP contribution in [-0.2, 0) is 9.59 Å². The van der Waals surface area contributed by atoms with Crippen LogP contribution in [0.4, 0.5) is 0 Å². The molecule has 0 radical (unpaired) electrons. The van der Waals surface area contributed by atoms with Crippen LogP contribution in [0.2, 0.25) is 0 Å². The molecule has 0 aromatic rings. The predicted octanol–water partition coefficient (Wildman–Crippen LogP) is 3.19. The van der Waals surface area contributed by atoms with Crippen molar-refractivity contribution >= 4 is 23.2 Å². The Hall–Kier alpha value is -0.970. The molecule has 0 heterocycles. The molecule has 0 aliphatic heterocycles. The van der Waals surface area contributed by atoms with Crippen LogP contribution in [-0.4, -0.2) is 38.4 Å². The summed E-state index contributed by atoms with van der Waals surface area (Å²) in [4.78, 5) is 23.4. The number of Topliss-reactive ketones (excluding diaryl/α,β-unsaturated/α-hetero) is 1. The minimum absolute atomic E-state index is 0.0308. The fourth-order valence-electron chi connectivity index (χ4n) is 7.30. The zero-order valence-corrected chi connectivity index (χ0v) is 17.2. The highest BCUT2D eigenvalue weighted by Gasteiger charge is 2.74. The summed E-state index contributed by atoms with van der Waals surface area (Å²) in [6.07, 6.45) is 6.71. The Morgan fingerprint density at radius 1 is 1.30 bits per heavy atom. The number of allylic oxidation sites excluding steroid dienone is 4. The van der Waals surface area contributed by atoms with Gasteiger partial charge in [0.15, 0.2) is 11.6 Å². The molecule has 0 amide bonds. The Morgan fingerprint density at radius 3 is 2.59 bits per heavy atom. The van der Waals surface area contributed by atoms with Crippen LogP contribution in [0.1, 0.15) is 53.4 Å². The number of halogens is 1. The first kappa shape index (κ1) is 19.4. The van der Waals surface area contributed by atoms with Crippen LogP contribution < -0.4 is 0 Å². The van der Waals surface area contributed by atoms with Gasteiger partial charge in [-0.3, -0.25) is 9.59 Å². The second-order valence-corrected chi connectivity index (χ2v) is 10.3. The van der Waals surface area contributed by atoms with Gasteiger partial charge in [-0.2, -0.15) is 0 Å². The molecule has 8 atom stereocenters. The Balaban J connectivity index is 1.85. The Labute approximate surface area is 165 Å². The molecule has 3 fully saturated rings. The van der Waals surface area contributed by atoms with Crippen LogP contribution in [0, 0.1) is 28.6 Å². The van der Waals surface area contributed by atoms with Crippen molar-refractivity contribution in [2.24, 2.45) is 28.6 Å². The number of rotatable bonds is 1. The molecular formula is C22H29ClO4. The van der Waals surface area contributed by atoms with E-state index in [1.165, 1.54) is 6.92 Å². The van der Waals surface area contributed by atoms with Crippen molar-refractivity contribution in [1.82, 2.24) is 0 Å². The number of ketones is 2. The predicted molar refractivity (Wildman–Crippen MR) is 103 cm³/mol. The number of carbonyl (C=O) groups is 2. The molecule has 0 saturated heterocycles. The quantitative estimate of drug-likeness (QED) is 0.672. The van der Waals surface area contributed by atoms with Crippen molar-refractivity contribution in [3.05, 3.63) is 23.8 Å². The molecule has 0 unspecified atom stereocenters. The maximum Gasteiger partial charge on any atom is 0.178 e. The number of aliphatic hydroxyl groups excluding tert-OH is 1. The van der Waals surface area contributed by atoms with E-state index in [-0.39, 0.29) is 35.7 Å². The first-order valence-electron chi connectivity index (χ1n) is 9.97. The molecule has 148 valence electrons. The number of hydrogen-bond acceptors (Lipinski definition) is 4. The van der Waals surface area contributed by atoms with Gasteiger partial charge in [0.1, 0.15) is 5.60 Å². The van der Waals surface area contributed by atoms with Gasteiger partial charge in [-0.25, -0.2) is 0 Å². The smallest absolute Gasteiger partial charge is 0.178 e. The van der Waals surface area contributed by atoms with Crippen molar-refractivity contribution in [1.29, 1.82) is 0 Å². The number of hydrogen-bond donors (Lipinski definition) is 2. The molecule has 4 nitrogen and oxygen atoms in total. The molecule has 0 aromatic carbocycles. The lowest BCUT2D eigenvalue weighted by molar-refractivity contribution is -0.175. The van der Waals surface area contributed by atoms with E-state index in [0.717, 1.165) is 24.8 Å². The molecule has 4 aliphatic carbocycles. The standard InChI is InChI=1S/C22H29ClO4/c1-12-9-17-16-6-5-14-10-15(25)7-8-19(14,3)21(16,23)18(26)11-20(17,4)22(12,27)13(2)24/h7-8,10,12,16-18,26-27H,5-6,9,11H2,1-4H3/t12-,16-,17-,18-,19-,20-,21-,22-/m0/s1. The van der Waals surface area contributed by atoms with E-state index in [1.807, 2.05) is 26.8 Å². The number of aliphatic hydroxyl groups is 2. The summed E-state index contributed by atoms with van der Waals surface area (Å²) in [6.45, 7) is 7.36. The Bertz CT molecular complexity index is 787. The van der Waals surface area contributed by atoms with E-state index in [2.05, 4.69) is 0 Å². The lowest BCUT2D eigenvalue weighted by atomic mass is 9.45. The molecule has 0 aromatic heterocycles. The average Bonchev–Trinajstić information content (AvgIpc) is 2.79. The Kier molecular flexibility index (Phi) is 3.98. The summed E-state index contributed by atoms with van der Waals surface area (Å²) in [5.41, 5.74) is -1.76. The average molecular weight is 393 g/mol. The van der Waals surface area contributed by atoms with Crippen molar-refractivity contribution in [3.8, 4) is 0 Å². The van der Waals surface area contributed by atoms with Gasteiger partial charge in [-0.05, 0) is 62.5 Å². The number of fused-ring (bicyclic) bond motifs is 5. The third-order valence-electron chi connectivity index (χ3n) is 8.76. The summed E-state index contributed by atoms with van der Waals surface area (Å²) >= 11 is 7.32. The third-order valence-corrected chi connectivity index (χ3v) is 9.68. The summed E-state index contributed by atoms with van der Waals surface area (Å²) in [7, 11) is 0. The molecule has 0 spiro atoms. The third kappa shape index (κ3) is 2.02. The maximum atomic E-state index is 12.5. The van der Waals surface area contributed by atoms with Crippen molar-refractivity contribution in [2.45, 2.75) is 70.0 Å². The summed E-state index contributed by atoms with van der Waals surface area (Å²) < 4.78 is 0. The zero-order chi connectivity index (χ0) is 20.0. The molecule has 27 heavy (non-hydrogen) atoms. The van der Waals surface area contributed by atoms with Crippen molar-refractivity contribution < 1.29 is 19.8 Å². The molecule has 0 bridgehead atoms. The highest BCUT2D eigenvalue weighted by atomic mass is 35.5. The monoisotopic (exact) mass is 392 g/mol. The van der Waals surface area contributed by atoms with Gasteiger partial charge >= 0.3 is 0 Å². The first-order chi connectivity index (χ1) is 12.4. The number of alkyl halides is 1. The first-order valence-corrected chi connectivity index (χ1v) is 10.4. The molecule has 4 rings (SSSR count). The van der Waals surface area contributed by atoms with Crippen LogP contribution in [0.25, 0.3) is 0 Å². The van der Waals surface area contributed by atoms with Gasteiger partial charge in [0.2, 0.25) is 0 Å². The summed E-state index contributed by atoms with van der Waals surface area (Å²) in [5, 5.41) is 22.8. The molecular weight excluding hydrogens is 364 g/mol. The van der Waals surface area contributed by atoms with E-state index in [1.54, 1.807) is 12.2 Å². The largest absolute Gasteiger partial charge is 0.391 e. The normalized spacial score (nSPS) is 54.0. The fourth-order valence-corrected chi connectivity index (χ4v) is 7.82. The highest BCUT2D eigenvalue weighted by Crippen LogP contribution is 2.71. The van der Waals surface area contributed by atoms with Gasteiger partial charge < -0.3 is 10.2 Å². The molecule has 2 N–H and O–H groups in total. The van der Waals surface area contributed by atoms with E-state index >= 15 is 0 Å². The minimum Gasteiger partial charge on any atom is -0.391 e.